The van der Waals surface area contributed by atoms with E-state index in [1.807, 2.05) is 0 Å². The Bertz CT molecular complexity index is 4650. The summed E-state index contributed by atoms with van der Waals surface area (Å²) in [5, 5.41) is 14.7. The van der Waals surface area contributed by atoms with Crippen molar-refractivity contribution in [3.63, 3.8) is 0 Å². The lowest BCUT2D eigenvalue weighted by molar-refractivity contribution is 0.667. The number of allylic oxidation sites excluding steroid dienone is 4. The Morgan fingerprint density at radius 2 is 0.912 bits per heavy atom. The molecule has 5 heteroatoms. The molecule has 12 aromatic rings. The highest BCUT2D eigenvalue weighted by Gasteiger charge is 2.54. The van der Waals surface area contributed by atoms with E-state index in [4.69, 9.17) is 4.42 Å². The van der Waals surface area contributed by atoms with Crippen molar-refractivity contribution in [2.75, 3.05) is 22.9 Å². The molecule has 5 nitrogen and oxygen atoms in total. The minimum absolute atomic E-state index is 0.727. The molecule has 4 aliphatic rings. The number of anilines is 4. The third kappa shape index (κ3) is 6.83. The smallest absolute Gasteiger partial charge is 0.160 e. The predicted molar refractivity (Wildman–Crippen MR) is 333 cm³/mol. The number of fused-ring (bicyclic) bond motifs is 19. The summed E-state index contributed by atoms with van der Waals surface area (Å²) in [5.74, 6) is 2.01. The normalized spacial score (nSPS) is 14.6. The summed E-state index contributed by atoms with van der Waals surface area (Å²) in [5.41, 5.74) is 22.4. The van der Waals surface area contributed by atoms with Gasteiger partial charge in [0.1, 0.15) is 17.2 Å². The van der Waals surface area contributed by atoms with Gasteiger partial charge in [0.2, 0.25) is 0 Å². The minimum Gasteiger partial charge on any atom is -0.454 e. The van der Waals surface area contributed by atoms with Crippen LogP contribution in [0, 0.1) is 0 Å². The Hall–Kier alpha value is -10.1. The quantitative estimate of drug-likeness (QED) is 0.149. The van der Waals surface area contributed by atoms with Crippen LogP contribution in [-0.2, 0) is 5.41 Å². The number of nitrogens with one attached hydrogen (secondary N) is 2. The lowest BCUT2D eigenvalue weighted by Gasteiger charge is -2.34. The second-order valence-corrected chi connectivity index (χ2v) is 21.8. The van der Waals surface area contributed by atoms with Crippen LogP contribution in [0.3, 0.4) is 0 Å². The zero-order chi connectivity index (χ0) is 53.1. The van der Waals surface area contributed by atoms with Gasteiger partial charge >= 0.3 is 0 Å². The summed E-state index contributed by atoms with van der Waals surface area (Å²) in [6.07, 6.45) is 8.95. The predicted octanol–water partition coefficient (Wildman–Crippen LogP) is 18.6. The average molecular weight is 1030 g/mol. The molecule has 2 aliphatic carbocycles. The van der Waals surface area contributed by atoms with Crippen LogP contribution in [0.15, 0.2) is 282 Å². The Kier molecular flexibility index (Phi) is 10.3. The van der Waals surface area contributed by atoms with Gasteiger partial charge in [-0.05, 0) is 163 Å². The topological polar surface area (TPSA) is 43.7 Å². The van der Waals surface area contributed by atoms with Gasteiger partial charge < -0.3 is 15.1 Å². The molecule has 0 saturated heterocycles. The molecule has 3 heterocycles. The van der Waals surface area contributed by atoms with Crippen LogP contribution in [0.5, 0.6) is 0 Å². The molecule has 0 amide bonds. The van der Waals surface area contributed by atoms with Crippen molar-refractivity contribution in [1.29, 1.82) is 0 Å². The standard InChI is InChI=1S/C75H54N4O/c1-47-35-39-68(76-45-47)78(53-25-17-23-51(41-53)49-19-5-3-6-20-49)55-37-38-60-62(43-55)56-27-9-10-30-59(56)70-72-65(75(73(60)70)63-32-14-11-28-57(63)58-29-12-15-33-64(58)75)44-66(74-71(72)61-31-13-16-34-67(61)80-74)79(69-40-36-48(2)46-77-69)54-26-18-24-52(42-54)50-21-7-4-8-22-50/h3-44,76-77H,45-46H2,1-2H3. The van der Waals surface area contributed by atoms with Gasteiger partial charge in [0, 0.05) is 40.9 Å². The van der Waals surface area contributed by atoms with E-state index in [-0.39, 0.29) is 0 Å². The second-order valence-electron chi connectivity index (χ2n) is 21.8. The molecule has 0 bridgehead atoms. The highest BCUT2D eigenvalue weighted by atomic mass is 16.3. The number of furan rings is 1. The first-order valence-electron chi connectivity index (χ1n) is 27.8. The first-order valence-corrected chi connectivity index (χ1v) is 27.8. The highest BCUT2D eigenvalue weighted by Crippen LogP contribution is 2.68. The van der Waals surface area contributed by atoms with Gasteiger partial charge in [-0.15, -0.1) is 0 Å². The van der Waals surface area contributed by atoms with E-state index in [1.165, 1.54) is 88.3 Å². The number of rotatable bonds is 8. The van der Waals surface area contributed by atoms with E-state index in [1.54, 1.807) is 0 Å². The number of hydrogen-bond acceptors (Lipinski definition) is 5. The number of benzene rings is 11. The van der Waals surface area contributed by atoms with Crippen LogP contribution >= 0.6 is 0 Å². The van der Waals surface area contributed by atoms with E-state index in [0.29, 0.717) is 0 Å². The van der Waals surface area contributed by atoms with Gasteiger partial charge in [-0.2, -0.15) is 0 Å². The zero-order valence-electron chi connectivity index (χ0n) is 44.5. The van der Waals surface area contributed by atoms with Gasteiger partial charge in [0.05, 0.1) is 11.1 Å². The van der Waals surface area contributed by atoms with Crippen LogP contribution in [0.25, 0.3) is 88.0 Å². The van der Waals surface area contributed by atoms with Crippen molar-refractivity contribution in [2.45, 2.75) is 19.3 Å². The Morgan fingerprint density at radius 1 is 0.388 bits per heavy atom. The Labute approximate surface area is 465 Å². The van der Waals surface area contributed by atoms with Crippen molar-refractivity contribution < 1.29 is 4.42 Å². The molecule has 1 aromatic heterocycles. The van der Waals surface area contributed by atoms with E-state index in [2.05, 4.69) is 289 Å². The van der Waals surface area contributed by atoms with Crippen LogP contribution in [0.1, 0.15) is 36.1 Å². The number of dihydropyridines is 2. The third-order valence-corrected chi connectivity index (χ3v) is 17.2. The summed E-state index contributed by atoms with van der Waals surface area (Å²) in [6.45, 7) is 5.86. The molecule has 16 rings (SSSR count). The van der Waals surface area contributed by atoms with Gasteiger partial charge in [0.15, 0.2) is 5.58 Å². The van der Waals surface area contributed by atoms with Crippen molar-refractivity contribution in [3.05, 3.63) is 300 Å². The van der Waals surface area contributed by atoms with Crippen molar-refractivity contribution in [3.8, 4) is 44.5 Å². The van der Waals surface area contributed by atoms with Gasteiger partial charge in [-0.25, -0.2) is 0 Å². The molecular weight excluding hydrogens is 973 g/mol. The number of nitrogens with zero attached hydrogens (tertiary/aromatic N) is 2. The largest absolute Gasteiger partial charge is 0.454 e. The van der Waals surface area contributed by atoms with E-state index >= 15 is 0 Å². The minimum atomic E-state index is -0.745. The lowest BCUT2D eigenvalue weighted by atomic mass is 9.69. The van der Waals surface area contributed by atoms with Crippen molar-refractivity contribution >= 4 is 66.2 Å². The molecular formula is C75H54N4O. The molecule has 11 aromatic carbocycles. The maximum atomic E-state index is 7.39. The van der Waals surface area contributed by atoms with Crippen LogP contribution < -0.4 is 20.4 Å². The van der Waals surface area contributed by atoms with Crippen molar-refractivity contribution in [1.82, 2.24) is 10.6 Å². The first-order chi connectivity index (χ1) is 39.5. The summed E-state index contributed by atoms with van der Waals surface area (Å²) in [7, 11) is 0. The molecule has 2 aliphatic heterocycles. The van der Waals surface area contributed by atoms with E-state index < -0.39 is 5.41 Å². The zero-order valence-corrected chi connectivity index (χ0v) is 44.5. The molecule has 0 saturated carbocycles. The summed E-state index contributed by atoms with van der Waals surface area (Å²) >= 11 is 0. The van der Waals surface area contributed by atoms with Crippen LogP contribution in [-0.4, -0.2) is 13.1 Å². The molecule has 380 valence electrons. The van der Waals surface area contributed by atoms with E-state index in [9.17, 15) is 0 Å². The molecule has 0 fully saturated rings. The molecule has 80 heavy (non-hydrogen) atoms. The number of hydrogen-bond donors (Lipinski definition) is 2. The maximum absolute atomic E-state index is 7.39. The summed E-state index contributed by atoms with van der Waals surface area (Å²) in [4.78, 5) is 4.82. The summed E-state index contributed by atoms with van der Waals surface area (Å²) < 4.78 is 7.39. The molecule has 0 radical (unpaired) electrons. The van der Waals surface area contributed by atoms with Crippen LogP contribution in [0.4, 0.5) is 22.7 Å². The Balaban J connectivity index is 1.03. The fourth-order valence-corrected chi connectivity index (χ4v) is 13.7. The monoisotopic (exact) mass is 1030 g/mol. The molecule has 2 N–H and O–H groups in total. The van der Waals surface area contributed by atoms with Crippen molar-refractivity contribution in [2.24, 2.45) is 0 Å². The summed E-state index contributed by atoms with van der Waals surface area (Å²) in [6, 6.07) is 85.2. The first kappa shape index (κ1) is 46.0. The van der Waals surface area contributed by atoms with Gasteiger partial charge in [0.25, 0.3) is 0 Å². The Morgan fingerprint density at radius 3 is 1.54 bits per heavy atom. The van der Waals surface area contributed by atoms with Gasteiger partial charge in [-0.1, -0.05) is 205 Å². The molecule has 1 spiro atoms. The van der Waals surface area contributed by atoms with Gasteiger partial charge in [-0.3, -0.25) is 9.80 Å². The highest BCUT2D eigenvalue weighted by molar-refractivity contribution is 6.27. The average Bonchev–Trinajstić information content (AvgIpc) is 4.33. The van der Waals surface area contributed by atoms with Crippen LogP contribution in [0.2, 0.25) is 0 Å². The fourth-order valence-electron chi connectivity index (χ4n) is 13.7. The fraction of sp³-hybridized carbons (Fsp3) is 0.0667. The third-order valence-electron chi connectivity index (χ3n) is 17.2. The number of para-hydroxylation sites is 1. The second kappa shape index (κ2) is 18.0. The maximum Gasteiger partial charge on any atom is 0.160 e. The molecule has 0 atom stereocenters. The lowest BCUT2D eigenvalue weighted by Crippen LogP contribution is -2.32. The SMILES string of the molecule is CC1=CC=C(N(c2cccc(-c3ccccc3)c2)c2ccc3c4c(c5ccccc5c3c2)-c2c(cc(N(C3=CC=C(C)CN3)c3cccc(-c5ccccc5)c3)c3oc5ccccc5c23)C42c3ccccc3-c3ccccc32)NC1. The van der Waals surface area contributed by atoms with E-state index in [0.717, 1.165) is 80.5 Å². The molecule has 0 unspecified atom stereocenters.